The number of anilines is 1. The monoisotopic (exact) mass is 354 g/mol. The van der Waals surface area contributed by atoms with Gasteiger partial charge in [-0.2, -0.15) is 5.10 Å². The maximum Gasteiger partial charge on any atom is 0.259 e. The van der Waals surface area contributed by atoms with Gasteiger partial charge in [0.05, 0.1) is 12.2 Å². The first-order valence-electron chi connectivity index (χ1n) is 8.98. The zero-order valence-electron chi connectivity index (χ0n) is 15.2. The summed E-state index contributed by atoms with van der Waals surface area (Å²) in [4.78, 5) is 15.1. The third-order valence-corrected chi connectivity index (χ3v) is 4.79. The van der Waals surface area contributed by atoms with E-state index < -0.39 is 6.10 Å². The molecule has 1 fully saturated rings. The van der Waals surface area contributed by atoms with Gasteiger partial charge in [-0.1, -0.05) is 36.4 Å². The van der Waals surface area contributed by atoms with E-state index >= 15 is 0 Å². The van der Waals surface area contributed by atoms with Crippen molar-refractivity contribution in [2.75, 3.05) is 32.1 Å². The molecule has 6 nitrogen and oxygen atoms in total. The van der Waals surface area contributed by atoms with Gasteiger partial charge in [0.2, 0.25) is 0 Å². The lowest BCUT2D eigenvalue weighted by Gasteiger charge is -2.32. The van der Waals surface area contributed by atoms with Crippen LogP contribution in [0.15, 0.2) is 55.3 Å². The van der Waals surface area contributed by atoms with Crippen molar-refractivity contribution in [2.45, 2.75) is 25.0 Å². The van der Waals surface area contributed by atoms with E-state index in [4.69, 9.17) is 4.74 Å². The van der Waals surface area contributed by atoms with Crippen LogP contribution in [0, 0.1) is 0 Å². The Hall–Kier alpha value is -2.44. The summed E-state index contributed by atoms with van der Waals surface area (Å²) in [6.07, 6.45) is 5.04. The number of amides is 1. The molecular weight excluding hydrogens is 328 g/mol. The van der Waals surface area contributed by atoms with Crippen LogP contribution in [-0.4, -0.2) is 47.3 Å². The first-order valence-corrected chi connectivity index (χ1v) is 8.98. The summed E-state index contributed by atoms with van der Waals surface area (Å²) in [7, 11) is 1.55. The minimum atomic E-state index is -0.644. The molecular formula is C20H26N4O2. The molecule has 1 saturated heterocycles. The molecule has 0 bridgehead atoms. The van der Waals surface area contributed by atoms with Crippen LogP contribution in [0.25, 0.3) is 0 Å². The summed E-state index contributed by atoms with van der Waals surface area (Å²) in [6, 6.07) is 11.6. The lowest BCUT2D eigenvalue weighted by Crippen LogP contribution is -2.35. The van der Waals surface area contributed by atoms with E-state index in [2.05, 4.69) is 21.9 Å². The number of ether oxygens (including phenoxy) is 1. The highest BCUT2D eigenvalue weighted by Gasteiger charge is 2.25. The van der Waals surface area contributed by atoms with Gasteiger partial charge < -0.3 is 10.1 Å². The fraction of sp³-hybridized carbons (Fsp3) is 0.400. The standard InChI is InChI=1S/C20H26N4O2/c1-3-13-23-14-10-17(11-15-23)24-18(9-12-21-24)22-20(25)19(26-2)16-7-5-4-6-8-16/h3-9,12,17,19H,1,10-11,13-15H2,2H3,(H,22,25)/t19-/m0/s1. The first-order chi connectivity index (χ1) is 12.7. The predicted molar refractivity (Wildman–Crippen MR) is 102 cm³/mol. The SMILES string of the molecule is C=CCN1CCC(n2nccc2NC(=O)[C@@H](OC)c2ccccc2)CC1. The van der Waals surface area contributed by atoms with Crippen molar-refractivity contribution in [2.24, 2.45) is 0 Å². The molecule has 1 N–H and O–H groups in total. The van der Waals surface area contributed by atoms with Gasteiger partial charge in [0.25, 0.3) is 5.91 Å². The number of carbonyl (C=O) groups excluding carboxylic acids is 1. The van der Waals surface area contributed by atoms with Crippen LogP contribution in [-0.2, 0) is 9.53 Å². The van der Waals surface area contributed by atoms with Crippen molar-refractivity contribution in [1.29, 1.82) is 0 Å². The van der Waals surface area contributed by atoms with Crippen molar-refractivity contribution in [3.05, 3.63) is 60.8 Å². The van der Waals surface area contributed by atoms with Crippen molar-refractivity contribution >= 4 is 11.7 Å². The molecule has 1 aromatic carbocycles. The Morgan fingerprint density at radius 2 is 2.08 bits per heavy atom. The number of piperidine rings is 1. The lowest BCUT2D eigenvalue weighted by atomic mass is 10.1. The van der Waals surface area contributed by atoms with E-state index in [1.807, 2.05) is 47.2 Å². The maximum absolute atomic E-state index is 12.7. The second-order valence-corrected chi connectivity index (χ2v) is 6.50. The number of nitrogens with zero attached hydrogens (tertiary/aromatic N) is 3. The minimum Gasteiger partial charge on any atom is -0.367 e. The molecule has 1 aliphatic rings. The van der Waals surface area contributed by atoms with Crippen LogP contribution in [0.1, 0.15) is 30.6 Å². The number of benzene rings is 1. The summed E-state index contributed by atoms with van der Waals surface area (Å²) in [6.45, 7) is 6.74. The van der Waals surface area contributed by atoms with Crippen molar-refractivity contribution in [3.8, 4) is 0 Å². The van der Waals surface area contributed by atoms with Gasteiger partial charge in [0, 0.05) is 32.8 Å². The Morgan fingerprint density at radius 3 is 2.73 bits per heavy atom. The van der Waals surface area contributed by atoms with Gasteiger partial charge in [0.15, 0.2) is 6.10 Å². The molecule has 1 atom stereocenters. The fourth-order valence-electron chi connectivity index (χ4n) is 3.45. The second kappa shape index (κ2) is 8.78. The molecule has 2 aromatic rings. The summed E-state index contributed by atoms with van der Waals surface area (Å²) in [5, 5.41) is 7.42. The van der Waals surface area contributed by atoms with E-state index in [0.29, 0.717) is 6.04 Å². The van der Waals surface area contributed by atoms with Crippen molar-refractivity contribution < 1.29 is 9.53 Å². The molecule has 0 aliphatic carbocycles. The highest BCUT2D eigenvalue weighted by molar-refractivity contribution is 5.94. The Bertz CT molecular complexity index is 720. The van der Waals surface area contributed by atoms with Gasteiger partial charge in [-0.25, -0.2) is 4.68 Å². The third-order valence-electron chi connectivity index (χ3n) is 4.79. The van der Waals surface area contributed by atoms with Crippen LogP contribution in [0.2, 0.25) is 0 Å². The Labute approximate surface area is 154 Å². The largest absolute Gasteiger partial charge is 0.367 e. The molecule has 1 aromatic heterocycles. The average Bonchev–Trinajstić information content (AvgIpc) is 3.12. The third kappa shape index (κ3) is 4.20. The first kappa shape index (κ1) is 18.4. The van der Waals surface area contributed by atoms with Gasteiger partial charge >= 0.3 is 0 Å². The zero-order valence-corrected chi connectivity index (χ0v) is 15.2. The van der Waals surface area contributed by atoms with Crippen LogP contribution in [0.4, 0.5) is 5.82 Å². The quantitative estimate of drug-likeness (QED) is 0.777. The van der Waals surface area contributed by atoms with Crippen LogP contribution >= 0.6 is 0 Å². The maximum atomic E-state index is 12.7. The normalized spacial score (nSPS) is 17.0. The highest BCUT2D eigenvalue weighted by Crippen LogP contribution is 2.26. The molecule has 0 spiro atoms. The Kier molecular flexibility index (Phi) is 6.20. The zero-order chi connectivity index (χ0) is 18.4. The predicted octanol–water partition coefficient (Wildman–Crippen LogP) is 3.03. The molecule has 26 heavy (non-hydrogen) atoms. The van der Waals surface area contributed by atoms with E-state index in [1.165, 1.54) is 0 Å². The van der Waals surface area contributed by atoms with E-state index in [0.717, 1.165) is 43.9 Å². The molecule has 138 valence electrons. The van der Waals surface area contributed by atoms with Crippen LogP contribution < -0.4 is 5.32 Å². The Morgan fingerprint density at radius 1 is 1.35 bits per heavy atom. The molecule has 0 unspecified atom stereocenters. The van der Waals surface area contributed by atoms with E-state index in [-0.39, 0.29) is 5.91 Å². The van der Waals surface area contributed by atoms with E-state index in [9.17, 15) is 4.79 Å². The van der Waals surface area contributed by atoms with Crippen molar-refractivity contribution in [3.63, 3.8) is 0 Å². The number of likely N-dealkylation sites (tertiary alicyclic amines) is 1. The summed E-state index contributed by atoms with van der Waals surface area (Å²) < 4.78 is 7.35. The Balaban J connectivity index is 1.67. The fourth-order valence-corrected chi connectivity index (χ4v) is 3.45. The minimum absolute atomic E-state index is 0.190. The second-order valence-electron chi connectivity index (χ2n) is 6.50. The molecule has 0 radical (unpaired) electrons. The van der Waals surface area contributed by atoms with Gasteiger partial charge in [-0.15, -0.1) is 6.58 Å². The van der Waals surface area contributed by atoms with Gasteiger partial charge in [-0.3, -0.25) is 9.69 Å². The van der Waals surface area contributed by atoms with Gasteiger partial charge in [0.1, 0.15) is 5.82 Å². The molecule has 6 heteroatoms. The van der Waals surface area contributed by atoms with Crippen molar-refractivity contribution in [1.82, 2.24) is 14.7 Å². The topological polar surface area (TPSA) is 59.4 Å². The van der Waals surface area contributed by atoms with Crippen LogP contribution in [0.3, 0.4) is 0 Å². The number of carbonyl (C=O) groups is 1. The molecule has 0 saturated carbocycles. The van der Waals surface area contributed by atoms with Crippen LogP contribution in [0.5, 0.6) is 0 Å². The number of aromatic nitrogens is 2. The molecule has 1 amide bonds. The van der Waals surface area contributed by atoms with E-state index in [1.54, 1.807) is 13.3 Å². The summed E-state index contributed by atoms with van der Waals surface area (Å²) in [5.41, 5.74) is 0.830. The number of hydrogen-bond acceptors (Lipinski definition) is 4. The molecule has 3 rings (SSSR count). The smallest absolute Gasteiger partial charge is 0.259 e. The summed E-state index contributed by atoms with van der Waals surface area (Å²) in [5.74, 6) is 0.527. The number of rotatable bonds is 7. The van der Waals surface area contributed by atoms with Gasteiger partial charge in [-0.05, 0) is 18.4 Å². The summed E-state index contributed by atoms with van der Waals surface area (Å²) >= 11 is 0. The molecule has 1 aliphatic heterocycles. The number of methoxy groups -OCH3 is 1. The highest BCUT2D eigenvalue weighted by atomic mass is 16.5. The lowest BCUT2D eigenvalue weighted by molar-refractivity contribution is -0.126. The average molecular weight is 354 g/mol. The molecule has 2 heterocycles. The number of nitrogens with one attached hydrogen (secondary N) is 1. The number of hydrogen-bond donors (Lipinski definition) is 1.